The fourth-order valence-electron chi connectivity index (χ4n) is 7.27. The summed E-state index contributed by atoms with van der Waals surface area (Å²) >= 11 is 0. The third-order valence-electron chi connectivity index (χ3n) is 9.53. The van der Waals surface area contributed by atoms with Crippen molar-refractivity contribution in [3.8, 4) is 0 Å². The highest BCUT2D eigenvalue weighted by molar-refractivity contribution is 6.10. The highest BCUT2D eigenvalue weighted by Crippen LogP contribution is 2.47. The van der Waals surface area contributed by atoms with Crippen LogP contribution in [-0.4, -0.2) is 83.6 Å². The second-order valence-corrected chi connectivity index (χ2v) is 12.0. The van der Waals surface area contributed by atoms with Gasteiger partial charge in [-0.25, -0.2) is 4.99 Å². The fraction of sp³-hybridized carbons (Fsp3) is 0.438. The van der Waals surface area contributed by atoms with E-state index >= 15 is 0 Å². The molecule has 0 radical (unpaired) electrons. The van der Waals surface area contributed by atoms with Crippen LogP contribution in [0.2, 0.25) is 0 Å². The van der Waals surface area contributed by atoms with Crippen LogP contribution in [0.15, 0.2) is 99.7 Å². The van der Waals surface area contributed by atoms with Crippen molar-refractivity contribution >= 4 is 11.5 Å². The maximum absolute atomic E-state index is 6.60. The molecule has 0 spiro atoms. The van der Waals surface area contributed by atoms with E-state index in [9.17, 15) is 0 Å². The van der Waals surface area contributed by atoms with Gasteiger partial charge in [-0.1, -0.05) is 49.4 Å². The Kier molecular flexibility index (Phi) is 6.09. The Hall–Kier alpha value is -3.42. The van der Waals surface area contributed by atoms with E-state index in [2.05, 4.69) is 100 Å². The quantitative estimate of drug-likeness (QED) is 0.654. The number of dihydropyridines is 1. The van der Waals surface area contributed by atoms with Crippen molar-refractivity contribution < 1.29 is 0 Å². The number of aliphatic imine (C=N–C) groups is 2. The van der Waals surface area contributed by atoms with Gasteiger partial charge in [-0.05, 0) is 43.5 Å². The molecule has 1 aromatic rings. The summed E-state index contributed by atoms with van der Waals surface area (Å²) in [6.45, 7) is 7.02. The van der Waals surface area contributed by atoms with Gasteiger partial charge < -0.3 is 20.4 Å². The first-order valence-corrected chi connectivity index (χ1v) is 14.4. The minimum Gasteiger partial charge on any atom is -0.382 e. The Bertz CT molecular complexity index is 1350. The average molecular weight is 522 g/mol. The van der Waals surface area contributed by atoms with Gasteiger partial charge in [-0.15, -0.1) is 0 Å². The molecule has 3 atom stereocenters. The molecular formula is C32H39N7. The van der Waals surface area contributed by atoms with Gasteiger partial charge in [-0.3, -0.25) is 9.89 Å². The van der Waals surface area contributed by atoms with Crippen LogP contribution in [0.4, 0.5) is 0 Å². The Morgan fingerprint density at radius 3 is 2.51 bits per heavy atom. The zero-order valence-electron chi connectivity index (χ0n) is 23.2. The van der Waals surface area contributed by atoms with Crippen LogP contribution < -0.4 is 5.73 Å². The first kappa shape index (κ1) is 24.6. The molecule has 2 unspecified atom stereocenters. The molecule has 6 aliphatic rings. The van der Waals surface area contributed by atoms with Crippen LogP contribution >= 0.6 is 0 Å². The lowest BCUT2D eigenvalue weighted by molar-refractivity contribution is -0.00898. The number of benzene rings is 1. The normalized spacial score (nSPS) is 32.7. The average Bonchev–Trinajstić information content (AvgIpc) is 3.22. The van der Waals surface area contributed by atoms with E-state index in [4.69, 9.17) is 10.7 Å². The number of piperazine rings is 1. The third-order valence-corrected chi connectivity index (χ3v) is 9.53. The molecule has 4 heterocycles. The summed E-state index contributed by atoms with van der Waals surface area (Å²) in [6, 6.07) is 11.1. The first-order chi connectivity index (χ1) is 19.0. The molecule has 7 rings (SSSR count). The number of rotatable bonds is 4. The van der Waals surface area contributed by atoms with Gasteiger partial charge in [-0.2, -0.15) is 0 Å². The van der Waals surface area contributed by atoms with Crippen molar-refractivity contribution in [3.05, 3.63) is 95.3 Å². The SMILES string of the molecule is C[C@H]1C=C(C2=C3C(N)=NC=CN3C([C@H]3C[C@@H](N4CCN(C)CC4)C3)N2C)C=C2N=C(c3ccccc3)C=CC21. The maximum atomic E-state index is 6.60. The smallest absolute Gasteiger partial charge is 0.149 e. The van der Waals surface area contributed by atoms with Gasteiger partial charge in [0.2, 0.25) is 0 Å². The van der Waals surface area contributed by atoms with Gasteiger partial charge >= 0.3 is 0 Å². The summed E-state index contributed by atoms with van der Waals surface area (Å²) in [5.41, 5.74) is 13.3. The first-order valence-electron chi connectivity index (χ1n) is 14.4. The predicted octanol–water partition coefficient (Wildman–Crippen LogP) is 3.77. The van der Waals surface area contributed by atoms with Crippen molar-refractivity contribution in [2.24, 2.45) is 33.5 Å². The standard InChI is InChI=1S/C32H39N7/c1-21-17-23(20-28-26(21)9-10-27(35-28)22-7-5-4-6-8-22)29-30-31(33)34-11-12-39(30)32(37(29)3)24-18-25(19-24)38-15-13-36(2)14-16-38/h4-12,17,20-21,24-26,32H,13-16,18-19H2,1-3H3,(H2,33,34)/t21-,24-,25+,26?,32?/m0/s1. The number of amidine groups is 1. The zero-order chi connectivity index (χ0) is 26.7. The van der Waals surface area contributed by atoms with Gasteiger partial charge in [0.15, 0.2) is 0 Å². The monoisotopic (exact) mass is 521 g/mol. The summed E-state index contributed by atoms with van der Waals surface area (Å²) in [5, 5.41) is 0. The van der Waals surface area contributed by atoms with Crippen LogP contribution in [0.3, 0.4) is 0 Å². The lowest BCUT2D eigenvalue weighted by atomic mass is 9.76. The number of hydrogen-bond acceptors (Lipinski definition) is 7. The third kappa shape index (κ3) is 4.19. The summed E-state index contributed by atoms with van der Waals surface area (Å²) < 4.78 is 0. The summed E-state index contributed by atoms with van der Waals surface area (Å²) in [4.78, 5) is 19.7. The zero-order valence-corrected chi connectivity index (χ0v) is 23.2. The lowest BCUT2D eigenvalue weighted by Gasteiger charge is -2.50. The van der Waals surface area contributed by atoms with Crippen molar-refractivity contribution in [1.29, 1.82) is 0 Å². The van der Waals surface area contributed by atoms with E-state index in [0.717, 1.165) is 22.7 Å². The second kappa shape index (κ2) is 9.65. The number of fused-ring (bicyclic) bond motifs is 2. The molecule has 2 aliphatic carbocycles. The molecule has 4 aliphatic heterocycles. The minimum absolute atomic E-state index is 0.256. The number of nitrogens with two attached hydrogens (primary N) is 1. The van der Waals surface area contributed by atoms with E-state index in [1.807, 2.05) is 12.3 Å². The molecule has 7 nitrogen and oxygen atoms in total. The Morgan fingerprint density at radius 1 is 0.974 bits per heavy atom. The minimum atomic E-state index is 0.256. The number of allylic oxidation sites excluding steroid dienone is 4. The Balaban J connectivity index is 1.17. The molecule has 2 N–H and O–H groups in total. The second-order valence-electron chi connectivity index (χ2n) is 12.0. The van der Waals surface area contributed by atoms with Crippen molar-refractivity contribution in [3.63, 3.8) is 0 Å². The van der Waals surface area contributed by atoms with Gasteiger partial charge in [0.05, 0.1) is 11.4 Å². The van der Waals surface area contributed by atoms with Crippen LogP contribution in [0.25, 0.3) is 0 Å². The molecule has 1 saturated carbocycles. The molecule has 0 bridgehead atoms. The van der Waals surface area contributed by atoms with E-state index in [0.29, 0.717) is 29.6 Å². The molecule has 39 heavy (non-hydrogen) atoms. The number of hydrogen-bond donors (Lipinski definition) is 1. The number of nitrogens with zero attached hydrogens (tertiary/aromatic N) is 6. The molecule has 0 amide bonds. The molecular weight excluding hydrogens is 482 g/mol. The molecule has 1 aromatic carbocycles. The lowest BCUT2D eigenvalue weighted by Crippen LogP contribution is -2.57. The number of likely N-dealkylation sites (N-methyl/N-ethyl adjacent to an activating group) is 2. The van der Waals surface area contributed by atoms with Crippen molar-refractivity contribution in [1.82, 2.24) is 19.6 Å². The maximum Gasteiger partial charge on any atom is 0.149 e. The summed E-state index contributed by atoms with van der Waals surface area (Å²) in [7, 11) is 4.47. The van der Waals surface area contributed by atoms with Crippen LogP contribution in [0.1, 0.15) is 25.3 Å². The van der Waals surface area contributed by atoms with Crippen LogP contribution in [0.5, 0.6) is 0 Å². The Morgan fingerprint density at radius 2 is 1.74 bits per heavy atom. The van der Waals surface area contributed by atoms with Gasteiger partial charge in [0.25, 0.3) is 0 Å². The summed E-state index contributed by atoms with van der Waals surface area (Å²) in [5.74, 6) is 1.82. The van der Waals surface area contributed by atoms with Gasteiger partial charge in [0, 0.05) is 74.8 Å². The molecule has 7 heteroatoms. The van der Waals surface area contributed by atoms with Crippen LogP contribution in [-0.2, 0) is 0 Å². The largest absolute Gasteiger partial charge is 0.382 e. The van der Waals surface area contributed by atoms with Crippen LogP contribution in [0, 0.1) is 17.8 Å². The molecule has 2 fully saturated rings. The predicted molar refractivity (Wildman–Crippen MR) is 158 cm³/mol. The van der Waals surface area contributed by atoms with E-state index in [1.54, 1.807) is 0 Å². The van der Waals surface area contributed by atoms with E-state index in [1.165, 1.54) is 50.3 Å². The topological polar surface area (TPSA) is 63.7 Å². The molecule has 0 aromatic heterocycles. The van der Waals surface area contributed by atoms with E-state index < -0.39 is 0 Å². The van der Waals surface area contributed by atoms with Crippen molar-refractivity contribution in [2.75, 3.05) is 40.3 Å². The summed E-state index contributed by atoms with van der Waals surface area (Å²) in [6.07, 6.45) is 15.9. The Labute approximate surface area is 232 Å². The molecule has 1 saturated heterocycles. The van der Waals surface area contributed by atoms with Crippen molar-refractivity contribution in [2.45, 2.75) is 32.0 Å². The van der Waals surface area contributed by atoms with Gasteiger partial charge in [0.1, 0.15) is 17.7 Å². The van der Waals surface area contributed by atoms with E-state index in [-0.39, 0.29) is 6.17 Å². The highest BCUT2D eigenvalue weighted by atomic mass is 15.4. The fourth-order valence-corrected chi connectivity index (χ4v) is 7.27. The molecule has 202 valence electrons. The highest BCUT2D eigenvalue weighted by Gasteiger charge is 2.48.